The summed E-state index contributed by atoms with van der Waals surface area (Å²) in [4.78, 5) is 4.16. The molecule has 3 N–H and O–H groups in total. The van der Waals surface area contributed by atoms with Crippen LogP contribution >= 0.6 is 11.6 Å². The van der Waals surface area contributed by atoms with Gasteiger partial charge in [0, 0.05) is 12.5 Å². The standard InChI is InChI=1S/C13H16ClN3O/c1-9(4-5-10-3-2-8-18-10)16-13-11(15)6-7-12(14)17-13/h2-3,6-9H,4-5,15H2,1H3,(H,16,17). The van der Waals surface area contributed by atoms with E-state index < -0.39 is 0 Å². The van der Waals surface area contributed by atoms with Crippen LogP contribution in [-0.2, 0) is 6.42 Å². The largest absolute Gasteiger partial charge is 0.469 e. The number of pyridine rings is 1. The van der Waals surface area contributed by atoms with Gasteiger partial charge in [-0.2, -0.15) is 0 Å². The van der Waals surface area contributed by atoms with Crippen LogP contribution in [0.4, 0.5) is 11.5 Å². The summed E-state index contributed by atoms with van der Waals surface area (Å²) in [5.41, 5.74) is 6.43. The number of hydrogen-bond donors (Lipinski definition) is 2. The lowest BCUT2D eigenvalue weighted by Crippen LogP contribution is -2.17. The molecule has 18 heavy (non-hydrogen) atoms. The van der Waals surface area contributed by atoms with Crippen LogP contribution in [0.3, 0.4) is 0 Å². The Labute approximate surface area is 111 Å². The van der Waals surface area contributed by atoms with Crippen LogP contribution in [0.15, 0.2) is 34.9 Å². The van der Waals surface area contributed by atoms with Crippen molar-refractivity contribution in [2.75, 3.05) is 11.1 Å². The molecule has 0 aromatic carbocycles. The third kappa shape index (κ3) is 3.40. The quantitative estimate of drug-likeness (QED) is 0.814. The number of furan rings is 1. The van der Waals surface area contributed by atoms with E-state index in [0.717, 1.165) is 18.6 Å². The fourth-order valence-electron chi connectivity index (χ4n) is 1.68. The van der Waals surface area contributed by atoms with Gasteiger partial charge < -0.3 is 15.5 Å². The molecule has 0 amide bonds. The average molecular weight is 266 g/mol. The van der Waals surface area contributed by atoms with Gasteiger partial charge >= 0.3 is 0 Å². The molecule has 96 valence electrons. The predicted molar refractivity (Wildman–Crippen MR) is 73.8 cm³/mol. The molecule has 1 unspecified atom stereocenters. The second-order valence-corrected chi connectivity index (χ2v) is 4.62. The zero-order valence-electron chi connectivity index (χ0n) is 10.2. The normalized spacial score (nSPS) is 12.3. The van der Waals surface area contributed by atoms with Crippen molar-refractivity contribution in [2.45, 2.75) is 25.8 Å². The molecule has 0 aliphatic carbocycles. The maximum absolute atomic E-state index is 5.84. The molecule has 0 aliphatic heterocycles. The Morgan fingerprint density at radius 1 is 1.44 bits per heavy atom. The molecule has 2 aromatic rings. The predicted octanol–water partition coefficient (Wildman–Crippen LogP) is 3.34. The zero-order valence-corrected chi connectivity index (χ0v) is 10.9. The molecule has 0 fully saturated rings. The van der Waals surface area contributed by atoms with E-state index in [1.807, 2.05) is 12.1 Å². The second-order valence-electron chi connectivity index (χ2n) is 4.24. The number of nitrogen functional groups attached to an aromatic ring is 1. The summed E-state index contributed by atoms with van der Waals surface area (Å²) in [6.07, 6.45) is 3.49. The van der Waals surface area contributed by atoms with E-state index in [9.17, 15) is 0 Å². The summed E-state index contributed by atoms with van der Waals surface area (Å²) in [5.74, 6) is 1.62. The molecular formula is C13H16ClN3O. The molecular weight excluding hydrogens is 250 g/mol. The Morgan fingerprint density at radius 2 is 2.28 bits per heavy atom. The van der Waals surface area contributed by atoms with E-state index in [1.54, 1.807) is 18.4 Å². The van der Waals surface area contributed by atoms with Gasteiger partial charge in [0.15, 0.2) is 5.82 Å². The number of nitrogens with two attached hydrogens (primary N) is 1. The van der Waals surface area contributed by atoms with Crippen LogP contribution in [0.1, 0.15) is 19.1 Å². The molecule has 1 atom stereocenters. The van der Waals surface area contributed by atoms with Crippen molar-refractivity contribution in [3.63, 3.8) is 0 Å². The molecule has 0 aliphatic rings. The highest BCUT2D eigenvalue weighted by molar-refractivity contribution is 6.29. The van der Waals surface area contributed by atoms with Crippen molar-refractivity contribution in [2.24, 2.45) is 0 Å². The van der Waals surface area contributed by atoms with Crippen LogP contribution in [0, 0.1) is 0 Å². The minimum Gasteiger partial charge on any atom is -0.469 e. The number of halogens is 1. The van der Waals surface area contributed by atoms with Crippen LogP contribution < -0.4 is 11.1 Å². The number of hydrogen-bond acceptors (Lipinski definition) is 4. The molecule has 0 saturated carbocycles. The van der Waals surface area contributed by atoms with Gasteiger partial charge in [0.25, 0.3) is 0 Å². The topological polar surface area (TPSA) is 64.1 Å². The Morgan fingerprint density at radius 3 is 3.00 bits per heavy atom. The molecule has 0 bridgehead atoms. The van der Waals surface area contributed by atoms with E-state index in [1.165, 1.54) is 0 Å². The number of aryl methyl sites for hydroxylation is 1. The van der Waals surface area contributed by atoms with Crippen molar-refractivity contribution in [1.29, 1.82) is 0 Å². The highest BCUT2D eigenvalue weighted by Crippen LogP contribution is 2.20. The maximum Gasteiger partial charge on any atom is 0.151 e. The highest BCUT2D eigenvalue weighted by atomic mass is 35.5. The van der Waals surface area contributed by atoms with Gasteiger partial charge in [0.1, 0.15) is 10.9 Å². The lowest BCUT2D eigenvalue weighted by molar-refractivity contribution is 0.495. The second kappa shape index (κ2) is 5.78. The van der Waals surface area contributed by atoms with E-state index >= 15 is 0 Å². The molecule has 2 aromatic heterocycles. The third-order valence-corrected chi connectivity index (χ3v) is 2.89. The van der Waals surface area contributed by atoms with Crippen molar-refractivity contribution in [1.82, 2.24) is 4.98 Å². The molecule has 5 heteroatoms. The smallest absolute Gasteiger partial charge is 0.151 e. The van der Waals surface area contributed by atoms with E-state index in [4.69, 9.17) is 21.8 Å². The summed E-state index contributed by atoms with van der Waals surface area (Å²) < 4.78 is 5.29. The Kier molecular flexibility index (Phi) is 4.10. The van der Waals surface area contributed by atoms with E-state index in [2.05, 4.69) is 17.2 Å². The van der Waals surface area contributed by atoms with Crippen LogP contribution in [0.2, 0.25) is 5.15 Å². The number of nitrogens with zero attached hydrogens (tertiary/aromatic N) is 1. The first-order valence-corrected chi connectivity index (χ1v) is 6.24. The van der Waals surface area contributed by atoms with Gasteiger partial charge in [0.05, 0.1) is 12.0 Å². The van der Waals surface area contributed by atoms with Gasteiger partial charge in [-0.15, -0.1) is 0 Å². The lowest BCUT2D eigenvalue weighted by atomic mass is 10.1. The van der Waals surface area contributed by atoms with Crippen LogP contribution in [0.5, 0.6) is 0 Å². The van der Waals surface area contributed by atoms with Crippen molar-refractivity contribution in [3.8, 4) is 0 Å². The maximum atomic E-state index is 5.84. The molecule has 0 saturated heterocycles. The van der Waals surface area contributed by atoms with E-state index in [0.29, 0.717) is 16.7 Å². The summed E-state index contributed by atoms with van der Waals surface area (Å²) in [5, 5.41) is 3.69. The minimum absolute atomic E-state index is 0.239. The van der Waals surface area contributed by atoms with Crippen LogP contribution in [0.25, 0.3) is 0 Å². The lowest BCUT2D eigenvalue weighted by Gasteiger charge is -2.15. The summed E-state index contributed by atoms with van der Waals surface area (Å²) in [6, 6.07) is 7.53. The number of rotatable bonds is 5. The molecule has 2 heterocycles. The van der Waals surface area contributed by atoms with Gasteiger partial charge in [-0.05, 0) is 37.6 Å². The van der Waals surface area contributed by atoms with Gasteiger partial charge in [-0.25, -0.2) is 4.98 Å². The van der Waals surface area contributed by atoms with Crippen molar-refractivity contribution < 1.29 is 4.42 Å². The monoisotopic (exact) mass is 265 g/mol. The average Bonchev–Trinajstić information content (AvgIpc) is 2.84. The van der Waals surface area contributed by atoms with Gasteiger partial charge in [-0.3, -0.25) is 0 Å². The molecule has 0 spiro atoms. The first-order valence-electron chi connectivity index (χ1n) is 5.86. The first kappa shape index (κ1) is 12.8. The Bertz CT molecular complexity index is 499. The van der Waals surface area contributed by atoms with Crippen molar-refractivity contribution >= 4 is 23.1 Å². The summed E-state index contributed by atoms with van der Waals surface area (Å²) >= 11 is 5.84. The minimum atomic E-state index is 0.239. The SMILES string of the molecule is CC(CCc1ccco1)Nc1nc(Cl)ccc1N. The number of aromatic nitrogens is 1. The zero-order chi connectivity index (χ0) is 13.0. The number of anilines is 2. The van der Waals surface area contributed by atoms with E-state index in [-0.39, 0.29) is 6.04 Å². The van der Waals surface area contributed by atoms with Crippen LogP contribution in [-0.4, -0.2) is 11.0 Å². The summed E-state index contributed by atoms with van der Waals surface area (Å²) in [7, 11) is 0. The highest BCUT2D eigenvalue weighted by Gasteiger charge is 2.08. The van der Waals surface area contributed by atoms with Gasteiger partial charge in [0.2, 0.25) is 0 Å². The Balaban J connectivity index is 1.90. The fraction of sp³-hybridized carbons (Fsp3) is 0.308. The van der Waals surface area contributed by atoms with Gasteiger partial charge in [-0.1, -0.05) is 11.6 Å². The Hall–Kier alpha value is -1.68. The third-order valence-electron chi connectivity index (χ3n) is 2.68. The molecule has 0 radical (unpaired) electrons. The molecule has 2 rings (SSSR count). The molecule has 4 nitrogen and oxygen atoms in total. The fourth-order valence-corrected chi connectivity index (χ4v) is 1.83. The summed E-state index contributed by atoms with van der Waals surface area (Å²) in [6.45, 7) is 2.07. The number of nitrogens with one attached hydrogen (secondary N) is 1. The first-order chi connectivity index (χ1) is 8.65. The van der Waals surface area contributed by atoms with Crippen molar-refractivity contribution in [3.05, 3.63) is 41.4 Å².